The summed E-state index contributed by atoms with van der Waals surface area (Å²) in [6.45, 7) is 3.32. The highest BCUT2D eigenvalue weighted by Crippen LogP contribution is 2.27. The molecular weight excluding hydrogens is 266 g/mol. The van der Waals surface area contributed by atoms with Gasteiger partial charge in [0.2, 0.25) is 0 Å². The molecular formula is C18H18ClN. The third-order valence-corrected chi connectivity index (χ3v) is 3.92. The monoisotopic (exact) mass is 283 g/mol. The van der Waals surface area contributed by atoms with E-state index in [9.17, 15) is 0 Å². The molecule has 2 aromatic carbocycles. The SMILES string of the molecule is CCCCn1ccc2cc(-c3cccc(Cl)c3)ccc21. The molecule has 0 saturated heterocycles. The fourth-order valence-electron chi connectivity index (χ4n) is 2.57. The zero-order valence-corrected chi connectivity index (χ0v) is 12.4. The van der Waals surface area contributed by atoms with E-state index in [0.29, 0.717) is 0 Å². The van der Waals surface area contributed by atoms with Crippen molar-refractivity contribution in [3.63, 3.8) is 0 Å². The average Bonchev–Trinajstić information content (AvgIpc) is 2.87. The van der Waals surface area contributed by atoms with Gasteiger partial charge in [-0.25, -0.2) is 0 Å². The molecule has 0 aliphatic carbocycles. The Labute approximate surface area is 124 Å². The minimum absolute atomic E-state index is 0.781. The maximum absolute atomic E-state index is 6.07. The van der Waals surface area contributed by atoms with Crippen molar-refractivity contribution in [2.45, 2.75) is 26.3 Å². The Hall–Kier alpha value is -1.73. The Morgan fingerprint density at radius 3 is 2.65 bits per heavy atom. The molecule has 0 amide bonds. The van der Waals surface area contributed by atoms with Gasteiger partial charge in [0.05, 0.1) is 0 Å². The predicted molar refractivity (Wildman–Crippen MR) is 87.3 cm³/mol. The van der Waals surface area contributed by atoms with Gasteiger partial charge >= 0.3 is 0 Å². The van der Waals surface area contributed by atoms with Crippen LogP contribution in [-0.2, 0) is 6.54 Å². The van der Waals surface area contributed by atoms with Crippen LogP contribution in [0, 0.1) is 0 Å². The van der Waals surface area contributed by atoms with E-state index in [0.717, 1.165) is 11.6 Å². The quantitative estimate of drug-likeness (QED) is 0.573. The summed E-state index contributed by atoms with van der Waals surface area (Å²) in [5.74, 6) is 0. The summed E-state index contributed by atoms with van der Waals surface area (Å²) >= 11 is 6.07. The molecule has 0 spiro atoms. The topological polar surface area (TPSA) is 4.93 Å². The second-order valence-electron chi connectivity index (χ2n) is 5.15. The molecule has 0 saturated carbocycles. The van der Waals surface area contributed by atoms with E-state index >= 15 is 0 Å². The van der Waals surface area contributed by atoms with Crippen molar-refractivity contribution in [3.05, 3.63) is 59.8 Å². The van der Waals surface area contributed by atoms with Crippen molar-refractivity contribution in [2.75, 3.05) is 0 Å². The van der Waals surface area contributed by atoms with Gasteiger partial charge in [-0.3, -0.25) is 0 Å². The molecule has 0 atom stereocenters. The molecule has 2 heteroatoms. The largest absolute Gasteiger partial charge is 0.347 e. The van der Waals surface area contributed by atoms with Gasteiger partial charge in [0, 0.05) is 28.7 Å². The average molecular weight is 284 g/mol. The van der Waals surface area contributed by atoms with Crippen LogP contribution in [0.1, 0.15) is 19.8 Å². The highest BCUT2D eigenvalue weighted by atomic mass is 35.5. The van der Waals surface area contributed by atoms with Crippen LogP contribution in [0.3, 0.4) is 0 Å². The predicted octanol–water partition coefficient (Wildman–Crippen LogP) is 5.76. The van der Waals surface area contributed by atoms with Crippen molar-refractivity contribution in [1.82, 2.24) is 4.57 Å². The zero-order valence-electron chi connectivity index (χ0n) is 11.6. The summed E-state index contributed by atoms with van der Waals surface area (Å²) < 4.78 is 2.33. The summed E-state index contributed by atoms with van der Waals surface area (Å²) in [5, 5.41) is 2.07. The molecule has 1 aromatic heterocycles. The van der Waals surface area contributed by atoms with Crippen molar-refractivity contribution in [3.8, 4) is 11.1 Å². The van der Waals surface area contributed by atoms with Gasteiger partial charge in [0.25, 0.3) is 0 Å². The van der Waals surface area contributed by atoms with E-state index in [1.165, 1.54) is 34.9 Å². The van der Waals surface area contributed by atoms with Gasteiger partial charge in [-0.1, -0.05) is 43.1 Å². The lowest BCUT2D eigenvalue weighted by Gasteiger charge is -2.06. The van der Waals surface area contributed by atoms with E-state index in [2.05, 4.69) is 48.0 Å². The summed E-state index contributed by atoms with van der Waals surface area (Å²) in [6, 6.07) is 16.8. The molecule has 0 unspecified atom stereocenters. The number of halogens is 1. The number of hydrogen-bond donors (Lipinski definition) is 0. The summed E-state index contributed by atoms with van der Waals surface area (Å²) in [7, 11) is 0. The highest BCUT2D eigenvalue weighted by molar-refractivity contribution is 6.30. The third kappa shape index (κ3) is 2.59. The molecule has 3 rings (SSSR count). The first-order chi connectivity index (χ1) is 9.78. The molecule has 0 fully saturated rings. The lowest BCUT2D eigenvalue weighted by molar-refractivity contribution is 0.650. The van der Waals surface area contributed by atoms with Crippen LogP contribution in [0.5, 0.6) is 0 Å². The molecule has 102 valence electrons. The minimum atomic E-state index is 0.781. The van der Waals surface area contributed by atoms with E-state index in [4.69, 9.17) is 11.6 Å². The number of benzene rings is 2. The lowest BCUT2D eigenvalue weighted by atomic mass is 10.0. The fourth-order valence-corrected chi connectivity index (χ4v) is 2.76. The molecule has 1 heterocycles. The van der Waals surface area contributed by atoms with Gasteiger partial charge in [0.1, 0.15) is 0 Å². The van der Waals surface area contributed by atoms with Gasteiger partial charge in [-0.05, 0) is 47.9 Å². The molecule has 0 N–H and O–H groups in total. The number of nitrogens with zero attached hydrogens (tertiary/aromatic N) is 1. The Morgan fingerprint density at radius 2 is 1.85 bits per heavy atom. The number of aryl methyl sites for hydroxylation is 1. The van der Waals surface area contributed by atoms with E-state index in [1.54, 1.807) is 0 Å². The van der Waals surface area contributed by atoms with Crippen LogP contribution >= 0.6 is 11.6 Å². The number of unbranched alkanes of at least 4 members (excludes halogenated alkanes) is 1. The third-order valence-electron chi connectivity index (χ3n) is 3.68. The van der Waals surface area contributed by atoms with Crippen LogP contribution in [0.4, 0.5) is 0 Å². The van der Waals surface area contributed by atoms with Gasteiger partial charge < -0.3 is 4.57 Å². The van der Waals surface area contributed by atoms with Crippen LogP contribution in [0.15, 0.2) is 54.7 Å². The lowest BCUT2D eigenvalue weighted by Crippen LogP contribution is -1.94. The van der Waals surface area contributed by atoms with Gasteiger partial charge in [-0.15, -0.1) is 0 Å². The van der Waals surface area contributed by atoms with E-state index in [1.807, 2.05) is 18.2 Å². The van der Waals surface area contributed by atoms with Crippen molar-refractivity contribution in [2.24, 2.45) is 0 Å². The van der Waals surface area contributed by atoms with E-state index < -0.39 is 0 Å². The first kappa shape index (κ1) is 13.3. The summed E-state index contributed by atoms with van der Waals surface area (Å²) in [5.41, 5.74) is 3.69. The highest BCUT2D eigenvalue weighted by Gasteiger charge is 2.04. The molecule has 0 bridgehead atoms. The first-order valence-electron chi connectivity index (χ1n) is 7.13. The first-order valence-corrected chi connectivity index (χ1v) is 7.50. The maximum atomic E-state index is 6.07. The second kappa shape index (κ2) is 5.72. The molecule has 1 nitrogen and oxygen atoms in total. The molecule has 0 aliphatic rings. The maximum Gasteiger partial charge on any atom is 0.0480 e. The molecule has 0 radical (unpaired) electrons. The smallest absolute Gasteiger partial charge is 0.0480 e. The van der Waals surface area contributed by atoms with Crippen molar-refractivity contribution < 1.29 is 0 Å². The summed E-state index contributed by atoms with van der Waals surface area (Å²) in [4.78, 5) is 0. The zero-order chi connectivity index (χ0) is 13.9. The van der Waals surface area contributed by atoms with Crippen LogP contribution < -0.4 is 0 Å². The van der Waals surface area contributed by atoms with Crippen molar-refractivity contribution in [1.29, 1.82) is 0 Å². The van der Waals surface area contributed by atoms with E-state index in [-0.39, 0.29) is 0 Å². The minimum Gasteiger partial charge on any atom is -0.347 e. The van der Waals surface area contributed by atoms with Crippen LogP contribution in [0.25, 0.3) is 22.0 Å². The number of rotatable bonds is 4. The Kier molecular flexibility index (Phi) is 3.79. The van der Waals surface area contributed by atoms with Gasteiger partial charge in [0.15, 0.2) is 0 Å². The second-order valence-corrected chi connectivity index (χ2v) is 5.58. The number of hydrogen-bond acceptors (Lipinski definition) is 0. The fraction of sp³-hybridized carbons (Fsp3) is 0.222. The standard InChI is InChI=1S/C18H18ClN/c1-2-3-10-20-11-9-16-12-15(7-8-18(16)20)14-5-4-6-17(19)13-14/h4-9,11-13H,2-3,10H2,1H3. The molecule has 0 aliphatic heterocycles. The number of aromatic nitrogens is 1. The Morgan fingerprint density at radius 1 is 1.00 bits per heavy atom. The molecule has 3 aromatic rings. The normalized spacial score (nSPS) is 11.1. The molecule has 20 heavy (non-hydrogen) atoms. The number of fused-ring (bicyclic) bond motifs is 1. The summed E-state index contributed by atoms with van der Waals surface area (Å²) in [6.07, 6.45) is 4.63. The Bertz CT molecular complexity index is 727. The van der Waals surface area contributed by atoms with Crippen LogP contribution in [0.2, 0.25) is 5.02 Å². The Balaban J connectivity index is 1.99. The van der Waals surface area contributed by atoms with Crippen molar-refractivity contribution >= 4 is 22.5 Å². The van der Waals surface area contributed by atoms with Gasteiger partial charge in [-0.2, -0.15) is 0 Å². The van der Waals surface area contributed by atoms with Crippen LogP contribution in [-0.4, -0.2) is 4.57 Å².